The number of aryl methyl sites for hydroxylation is 1. The first-order valence-corrected chi connectivity index (χ1v) is 11.7. The maximum Gasteiger partial charge on any atom is 0.330 e. The minimum atomic E-state index is -0.866. The van der Waals surface area contributed by atoms with Crippen LogP contribution in [-0.4, -0.2) is 44.4 Å². The van der Waals surface area contributed by atoms with Gasteiger partial charge in [0.15, 0.2) is 10.9 Å². The van der Waals surface area contributed by atoms with E-state index in [9.17, 15) is 19.2 Å². The summed E-state index contributed by atoms with van der Waals surface area (Å²) in [6.07, 6.45) is 0. The van der Waals surface area contributed by atoms with Crippen molar-refractivity contribution in [3.63, 3.8) is 0 Å². The summed E-state index contributed by atoms with van der Waals surface area (Å²) in [6.45, 7) is 2.12. The number of hydrogen-bond acceptors (Lipinski definition) is 8. The number of nitrogens with zero attached hydrogens (tertiary/aromatic N) is 3. The number of aromatic nitrogens is 4. The molecule has 0 bridgehead atoms. The molecular weight excluding hydrogens is 470 g/mol. The number of nitrogen functional groups attached to an aromatic ring is 1. The summed E-state index contributed by atoms with van der Waals surface area (Å²) in [5.41, 5.74) is 5.81. The molecule has 0 spiro atoms. The number of benzene rings is 2. The lowest BCUT2D eigenvalue weighted by Crippen LogP contribution is -2.37. The Morgan fingerprint density at radius 2 is 1.83 bits per heavy atom. The van der Waals surface area contributed by atoms with E-state index in [0.29, 0.717) is 21.7 Å². The number of nitrogens with one attached hydrogen (secondary N) is 1. The zero-order valence-electron chi connectivity index (χ0n) is 19.1. The van der Waals surface area contributed by atoms with E-state index in [1.54, 1.807) is 30.3 Å². The Labute approximate surface area is 203 Å². The molecule has 0 saturated heterocycles. The number of thioether (sulfide) groups is 1. The third kappa shape index (κ3) is 4.68. The van der Waals surface area contributed by atoms with Gasteiger partial charge in [0.2, 0.25) is 0 Å². The quantitative estimate of drug-likeness (QED) is 0.215. The predicted octanol–water partition coefficient (Wildman–Crippen LogP) is 1.75. The monoisotopic (exact) mass is 493 g/mol. The molecule has 0 saturated carbocycles. The zero-order chi connectivity index (χ0) is 25.1. The van der Waals surface area contributed by atoms with Gasteiger partial charge >= 0.3 is 5.69 Å². The fourth-order valence-electron chi connectivity index (χ4n) is 3.70. The highest BCUT2D eigenvalue weighted by Gasteiger charge is 2.21. The Hall–Kier alpha value is -3.96. The first kappa shape index (κ1) is 24.2. The van der Waals surface area contributed by atoms with Gasteiger partial charge in [-0.05, 0) is 30.7 Å². The Balaban J connectivity index is 1.76. The van der Waals surface area contributed by atoms with Gasteiger partial charge < -0.3 is 10.5 Å². The number of aromatic amines is 1. The van der Waals surface area contributed by atoms with E-state index in [-0.39, 0.29) is 35.8 Å². The molecule has 2 aromatic carbocycles. The first-order chi connectivity index (χ1) is 16.8. The predicted molar refractivity (Wildman–Crippen MR) is 135 cm³/mol. The highest BCUT2D eigenvalue weighted by Crippen LogP contribution is 2.24. The molecule has 4 rings (SSSR count). The van der Waals surface area contributed by atoms with E-state index < -0.39 is 17.0 Å². The highest BCUT2D eigenvalue weighted by molar-refractivity contribution is 7.99. The summed E-state index contributed by atoms with van der Waals surface area (Å²) >= 11 is 1.01. The van der Waals surface area contributed by atoms with Gasteiger partial charge in [-0.25, -0.2) is 9.78 Å². The van der Waals surface area contributed by atoms with Crippen molar-refractivity contribution in [3.05, 3.63) is 90.8 Å². The van der Waals surface area contributed by atoms with E-state index in [0.717, 1.165) is 21.9 Å². The average molecular weight is 494 g/mol. The fourth-order valence-corrected chi connectivity index (χ4v) is 4.58. The second kappa shape index (κ2) is 10.1. The van der Waals surface area contributed by atoms with Crippen molar-refractivity contribution in [2.24, 2.45) is 0 Å². The third-order valence-electron chi connectivity index (χ3n) is 5.47. The molecule has 0 aliphatic heterocycles. The number of rotatable bonds is 8. The fraction of sp³-hybridized carbons (Fsp3) is 0.208. The molecule has 180 valence electrons. The van der Waals surface area contributed by atoms with Crippen molar-refractivity contribution in [3.8, 4) is 5.69 Å². The van der Waals surface area contributed by atoms with Gasteiger partial charge in [-0.15, -0.1) is 0 Å². The van der Waals surface area contributed by atoms with Crippen LogP contribution in [0, 0.1) is 6.92 Å². The Morgan fingerprint density at radius 1 is 1.11 bits per heavy atom. The lowest BCUT2D eigenvalue weighted by molar-refractivity contribution is 0.102. The van der Waals surface area contributed by atoms with Crippen molar-refractivity contribution < 1.29 is 9.53 Å². The lowest BCUT2D eigenvalue weighted by atomic mass is 10.2. The molecule has 0 radical (unpaired) electrons. The van der Waals surface area contributed by atoms with Crippen LogP contribution in [0.2, 0.25) is 0 Å². The molecule has 10 nitrogen and oxygen atoms in total. The zero-order valence-corrected chi connectivity index (χ0v) is 19.9. The Kier molecular flexibility index (Phi) is 6.99. The van der Waals surface area contributed by atoms with Gasteiger partial charge in [0.25, 0.3) is 11.1 Å². The summed E-state index contributed by atoms with van der Waals surface area (Å²) < 4.78 is 7.51. The van der Waals surface area contributed by atoms with Crippen LogP contribution in [0.25, 0.3) is 16.6 Å². The van der Waals surface area contributed by atoms with E-state index in [2.05, 4.69) is 9.97 Å². The summed E-state index contributed by atoms with van der Waals surface area (Å²) in [5, 5.41) is 0.733. The third-order valence-corrected chi connectivity index (χ3v) is 6.41. The van der Waals surface area contributed by atoms with Crippen LogP contribution in [0.5, 0.6) is 0 Å². The van der Waals surface area contributed by atoms with Crippen molar-refractivity contribution in [1.82, 2.24) is 19.1 Å². The average Bonchev–Trinajstić information content (AvgIpc) is 2.83. The van der Waals surface area contributed by atoms with Gasteiger partial charge in [-0.2, -0.15) is 0 Å². The largest absolute Gasteiger partial charge is 0.384 e. The first-order valence-electron chi connectivity index (χ1n) is 10.7. The molecule has 0 aliphatic carbocycles. The molecule has 0 aliphatic rings. The number of ether oxygens (including phenoxy) is 1. The number of H-pyrrole nitrogens is 1. The van der Waals surface area contributed by atoms with Crippen LogP contribution in [-0.2, 0) is 11.3 Å². The number of methoxy groups -OCH3 is 1. The lowest BCUT2D eigenvalue weighted by Gasteiger charge is -2.15. The number of nitrogens with two attached hydrogens (primary N) is 1. The van der Waals surface area contributed by atoms with E-state index in [1.807, 2.05) is 25.1 Å². The van der Waals surface area contributed by atoms with E-state index in [1.165, 1.54) is 11.7 Å². The van der Waals surface area contributed by atoms with Crippen LogP contribution < -0.4 is 22.5 Å². The highest BCUT2D eigenvalue weighted by atomic mass is 32.2. The van der Waals surface area contributed by atoms with Gasteiger partial charge in [0.1, 0.15) is 11.4 Å². The minimum absolute atomic E-state index is 0.0738. The van der Waals surface area contributed by atoms with Crippen molar-refractivity contribution in [2.45, 2.75) is 18.6 Å². The number of carbonyl (C=O) groups excluding carboxylic acids is 1. The van der Waals surface area contributed by atoms with E-state index >= 15 is 0 Å². The smallest absolute Gasteiger partial charge is 0.330 e. The number of fused-ring (bicyclic) bond motifs is 1. The maximum absolute atomic E-state index is 13.4. The summed E-state index contributed by atoms with van der Waals surface area (Å²) in [5.74, 6) is -1.06. The maximum atomic E-state index is 13.4. The molecular formula is C24H23N5O5S. The van der Waals surface area contributed by atoms with Crippen LogP contribution in [0.4, 0.5) is 5.82 Å². The number of para-hydroxylation sites is 2. The number of anilines is 1. The molecule has 11 heteroatoms. The van der Waals surface area contributed by atoms with Crippen LogP contribution in [0.15, 0.2) is 68.1 Å². The molecule has 3 N–H and O–H groups in total. The van der Waals surface area contributed by atoms with Crippen molar-refractivity contribution >= 4 is 34.3 Å². The molecule has 0 fully saturated rings. The number of carbonyl (C=O) groups is 1. The second-order valence-corrected chi connectivity index (χ2v) is 8.66. The molecule has 2 aromatic heterocycles. The molecule has 35 heavy (non-hydrogen) atoms. The Morgan fingerprint density at radius 3 is 2.57 bits per heavy atom. The molecule has 0 atom stereocenters. The normalized spacial score (nSPS) is 11.1. The van der Waals surface area contributed by atoms with Crippen LogP contribution in [0.3, 0.4) is 0 Å². The Bertz CT molecular complexity index is 1600. The van der Waals surface area contributed by atoms with Gasteiger partial charge in [-0.3, -0.25) is 28.5 Å². The SMILES string of the molecule is COCCn1c(N)c(C(=O)CSc2nc3ccccc3c(=O)n2-c2ccccc2C)c(=O)[nH]c1=O. The second-order valence-electron chi connectivity index (χ2n) is 7.71. The van der Waals surface area contributed by atoms with Gasteiger partial charge in [0.05, 0.1) is 35.5 Å². The molecule has 0 unspecified atom stereocenters. The van der Waals surface area contributed by atoms with Crippen LogP contribution >= 0.6 is 11.8 Å². The van der Waals surface area contributed by atoms with Crippen molar-refractivity contribution in [1.29, 1.82) is 0 Å². The molecule has 4 aromatic rings. The minimum Gasteiger partial charge on any atom is -0.384 e. The number of ketones is 1. The van der Waals surface area contributed by atoms with Gasteiger partial charge in [-0.1, -0.05) is 42.1 Å². The number of hydrogen-bond donors (Lipinski definition) is 2. The summed E-state index contributed by atoms with van der Waals surface area (Å²) in [4.78, 5) is 57.8. The molecule has 2 heterocycles. The standard InChI is InChI=1S/C24H23N5O5S/c1-14-7-3-6-10-17(14)29-22(32)15-8-4-5-9-16(15)26-24(29)35-13-18(30)19-20(25)28(11-12-34-2)23(33)27-21(19)31/h3-10H,11-13,25H2,1-2H3,(H,27,31,33). The summed E-state index contributed by atoms with van der Waals surface area (Å²) in [6, 6.07) is 14.3. The summed E-state index contributed by atoms with van der Waals surface area (Å²) in [7, 11) is 1.46. The molecule has 0 amide bonds. The van der Waals surface area contributed by atoms with Crippen LogP contribution in [0.1, 0.15) is 15.9 Å². The number of Topliss-reactive ketones (excluding diaryl/α,β-unsaturated/α-hetero) is 1. The topological polar surface area (TPSA) is 142 Å². The van der Waals surface area contributed by atoms with Gasteiger partial charge in [0, 0.05) is 7.11 Å². The van der Waals surface area contributed by atoms with Crippen molar-refractivity contribution in [2.75, 3.05) is 25.2 Å². The van der Waals surface area contributed by atoms with E-state index in [4.69, 9.17) is 10.5 Å².